The molecule has 16 heavy (non-hydrogen) atoms. The largest absolute Gasteiger partial charge is 0.481 e. The first-order chi connectivity index (χ1) is 7.52. The second-order valence-electron chi connectivity index (χ2n) is 2.88. The van der Waals surface area contributed by atoms with Crippen molar-refractivity contribution >= 4 is 5.97 Å². The summed E-state index contributed by atoms with van der Waals surface area (Å²) in [6.07, 6.45) is 1.14. The van der Waals surface area contributed by atoms with Gasteiger partial charge in [0.2, 0.25) is 5.88 Å². The number of nitrogens with zero attached hydrogens (tertiary/aromatic N) is 1. The zero-order valence-corrected chi connectivity index (χ0v) is 8.87. The summed E-state index contributed by atoms with van der Waals surface area (Å²) in [6.45, 7) is 1.36. The van der Waals surface area contributed by atoms with E-state index in [1.165, 1.54) is 14.0 Å². The lowest BCUT2D eigenvalue weighted by atomic mass is 10.1. The van der Waals surface area contributed by atoms with E-state index < -0.39 is 17.5 Å². The molecule has 1 heterocycles. The molecular formula is C10H11F2NO3. The summed E-state index contributed by atoms with van der Waals surface area (Å²) >= 11 is 0. The molecule has 0 atom stereocenters. The molecule has 4 nitrogen and oxygen atoms in total. The predicted octanol–water partition coefficient (Wildman–Crippen LogP) is 1.75. The number of carbonyl (C=O) groups is 1. The first-order valence-electron chi connectivity index (χ1n) is 4.58. The van der Waals surface area contributed by atoms with Crippen LogP contribution in [0.25, 0.3) is 0 Å². The van der Waals surface area contributed by atoms with E-state index in [-0.39, 0.29) is 12.5 Å². The van der Waals surface area contributed by atoms with Crippen molar-refractivity contribution in [2.24, 2.45) is 0 Å². The lowest BCUT2D eigenvalue weighted by molar-refractivity contribution is -0.173. The number of halogens is 2. The van der Waals surface area contributed by atoms with Gasteiger partial charge < -0.3 is 9.47 Å². The Hall–Kier alpha value is -1.72. The fourth-order valence-electron chi connectivity index (χ4n) is 1.06. The molecule has 0 saturated heterocycles. The van der Waals surface area contributed by atoms with Gasteiger partial charge in [-0.05, 0) is 13.0 Å². The van der Waals surface area contributed by atoms with Crippen LogP contribution in [0.15, 0.2) is 18.3 Å². The summed E-state index contributed by atoms with van der Waals surface area (Å²) in [5.41, 5.74) is -0.502. The molecule has 0 spiro atoms. The van der Waals surface area contributed by atoms with Crippen molar-refractivity contribution in [1.29, 1.82) is 0 Å². The van der Waals surface area contributed by atoms with Crippen LogP contribution in [-0.4, -0.2) is 24.7 Å². The van der Waals surface area contributed by atoms with Crippen molar-refractivity contribution in [3.05, 3.63) is 23.9 Å². The Morgan fingerprint density at radius 3 is 2.81 bits per heavy atom. The van der Waals surface area contributed by atoms with Gasteiger partial charge in [-0.3, -0.25) is 0 Å². The molecule has 0 aromatic carbocycles. The molecule has 0 unspecified atom stereocenters. The molecule has 1 aromatic heterocycles. The number of alkyl halides is 2. The number of hydrogen-bond donors (Lipinski definition) is 0. The Bertz CT molecular complexity index is 382. The second-order valence-corrected chi connectivity index (χ2v) is 2.88. The molecule has 6 heteroatoms. The predicted molar refractivity (Wildman–Crippen MR) is 51.3 cm³/mol. The van der Waals surface area contributed by atoms with Crippen molar-refractivity contribution < 1.29 is 23.0 Å². The molecule has 1 aromatic rings. The molecule has 0 fully saturated rings. The summed E-state index contributed by atoms with van der Waals surface area (Å²) < 4.78 is 36.0. The van der Waals surface area contributed by atoms with E-state index in [4.69, 9.17) is 4.74 Å². The van der Waals surface area contributed by atoms with Crippen LogP contribution >= 0.6 is 0 Å². The number of carbonyl (C=O) groups excluding carboxylic acids is 1. The fourth-order valence-corrected chi connectivity index (χ4v) is 1.06. The van der Waals surface area contributed by atoms with Crippen LogP contribution < -0.4 is 4.74 Å². The van der Waals surface area contributed by atoms with Gasteiger partial charge in [-0.15, -0.1) is 0 Å². The van der Waals surface area contributed by atoms with Gasteiger partial charge >= 0.3 is 11.9 Å². The lowest BCUT2D eigenvalue weighted by Crippen LogP contribution is -2.28. The number of methoxy groups -OCH3 is 1. The highest BCUT2D eigenvalue weighted by molar-refractivity contribution is 5.79. The minimum atomic E-state index is -3.69. The van der Waals surface area contributed by atoms with Crippen molar-refractivity contribution in [3.63, 3.8) is 0 Å². The van der Waals surface area contributed by atoms with Gasteiger partial charge in [0.15, 0.2) is 0 Å². The third-order valence-electron chi connectivity index (χ3n) is 1.84. The van der Waals surface area contributed by atoms with Gasteiger partial charge in [-0.1, -0.05) is 0 Å². The molecule has 88 valence electrons. The zero-order chi connectivity index (χ0) is 12.2. The molecule has 0 radical (unpaired) electrons. The van der Waals surface area contributed by atoms with E-state index in [1.54, 1.807) is 0 Å². The molecule has 0 aliphatic heterocycles. The van der Waals surface area contributed by atoms with E-state index in [9.17, 15) is 13.6 Å². The summed E-state index contributed by atoms with van der Waals surface area (Å²) in [7, 11) is 1.30. The van der Waals surface area contributed by atoms with E-state index >= 15 is 0 Å². The number of esters is 1. The molecule has 0 N–H and O–H groups in total. The van der Waals surface area contributed by atoms with Crippen molar-refractivity contribution in [2.75, 3.05) is 13.7 Å². The summed E-state index contributed by atoms with van der Waals surface area (Å²) in [5.74, 6) is -5.25. The van der Waals surface area contributed by atoms with Crippen molar-refractivity contribution in [3.8, 4) is 5.88 Å². The van der Waals surface area contributed by atoms with Crippen LogP contribution in [0.4, 0.5) is 8.78 Å². The normalized spacial score (nSPS) is 11.0. The SMILES string of the molecule is CCOC(=O)C(F)(F)c1ccnc(OC)c1. The Balaban J connectivity index is 3.01. The average molecular weight is 231 g/mol. The maximum absolute atomic E-state index is 13.5. The third kappa shape index (κ3) is 2.44. The number of ether oxygens (including phenoxy) is 2. The van der Waals surface area contributed by atoms with E-state index in [0.29, 0.717) is 0 Å². The number of rotatable bonds is 4. The number of aromatic nitrogens is 1. The quantitative estimate of drug-likeness (QED) is 0.740. The smallest absolute Gasteiger partial charge is 0.381 e. The highest BCUT2D eigenvalue weighted by atomic mass is 19.3. The summed E-state index contributed by atoms with van der Waals surface area (Å²) in [4.78, 5) is 14.7. The topological polar surface area (TPSA) is 48.4 Å². The van der Waals surface area contributed by atoms with Crippen LogP contribution in [-0.2, 0) is 15.5 Å². The van der Waals surface area contributed by atoms with Crippen LogP contribution in [0.3, 0.4) is 0 Å². The number of hydrogen-bond acceptors (Lipinski definition) is 4. The monoisotopic (exact) mass is 231 g/mol. The van der Waals surface area contributed by atoms with Gasteiger partial charge in [-0.25, -0.2) is 9.78 Å². The molecular weight excluding hydrogens is 220 g/mol. The highest BCUT2D eigenvalue weighted by Gasteiger charge is 2.43. The van der Waals surface area contributed by atoms with Crippen LogP contribution in [0, 0.1) is 0 Å². The Morgan fingerprint density at radius 1 is 1.56 bits per heavy atom. The molecule has 0 amide bonds. The van der Waals surface area contributed by atoms with Gasteiger partial charge in [0.1, 0.15) is 0 Å². The summed E-state index contributed by atoms with van der Waals surface area (Å²) in [6, 6.07) is 2.04. The van der Waals surface area contributed by atoms with Crippen LogP contribution in [0.1, 0.15) is 12.5 Å². The summed E-state index contributed by atoms with van der Waals surface area (Å²) in [5, 5.41) is 0. The zero-order valence-electron chi connectivity index (χ0n) is 8.87. The minimum Gasteiger partial charge on any atom is -0.481 e. The Labute approximate surface area is 91.2 Å². The standard InChI is InChI=1S/C10H11F2NO3/c1-3-16-9(14)10(11,12)7-4-5-13-8(6-7)15-2/h4-6H,3H2,1-2H3. The molecule has 0 saturated carbocycles. The highest BCUT2D eigenvalue weighted by Crippen LogP contribution is 2.30. The second kappa shape index (κ2) is 4.87. The van der Waals surface area contributed by atoms with Crippen LogP contribution in [0.2, 0.25) is 0 Å². The first-order valence-corrected chi connectivity index (χ1v) is 4.58. The average Bonchev–Trinajstić information content (AvgIpc) is 2.29. The van der Waals surface area contributed by atoms with Gasteiger partial charge in [0.05, 0.1) is 13.7 Å². The molecule has 0 aliphatic carbocycles. The van der Waals surface area contributed by atoms with Crippen molar-refractivity contribution in [2.45, 2.75) is 12.8 Å². The Morgan fingerprint density at radius 2 is 2.25 bits per heavy atom. The molecule has 1 rings (SSSR count). The Kier molecular flexibility index (Phi) is 3.76. The van der Waals surface area contributed by atoms with Gasteiger partial charge in [0, 0.05) is 17.8 Å². The molecule has 0 aliphatic rings. The lowest BCUT2D eigenvalue weighted by Gasteiger charge is -2.14. The van der Waals surface area contributed by atoms with Gasteiger partial charge in [-0.2, -0.15) is 8.78 Å². The van der Waals surface area contributed by atoms with Gasteiger partial charge in [0.25, 0.3) is 0 Å². The maximum atomic E-state index is 13.5. The van der Waals surface area contributed by atoms with E-state index in [0.717, 1.165) is 18.3 Å². The molecule has 0 bridgehead atoms. The van der Waals surface area contributed by atoms with Crippen molar-refractivity contribution in [1.82, 2.24) is 4.98 Å². The van der Waals surface area contributed by atoms with E-state index in [2.05, 4.69) is 9.72 Å². The third-order valence-corrected chi connectivity index (χ3v) is 1.84. The maximum Gasteiger partial charge on any atom is 0.381 e. The van der Waals surface area contributed by atoms with E-state index in [1.807, 2.05) is 0 Å². The first kappa shape index (κ1) is 12.4. The fraction of sp³-hybridized carbons (Fsp3) is 0.400. The minimum absolute atomic E-state index is 0.0153. The van der Waals surface area contributed by atoms with Crippen LogP contribution in [0.5, 0.6) is 5.88 Å². The number of pyridine rings is 1.